The number of carbonyl (C=O) groups is 2. The number of carbonyl (C=O) groups excluding carboxylic acids is 2. The van der Waals surface area contributed by atoms with Gasteiger partial charge in [-0.05, 0) is 37.5 Å². The molecule has 0 fully saturated rings. The van der Waals surface area contributed by atoms with Crippen molar-refractivity contribution in [3.63, 3.8) is 0 Å². The van der Waals surface area contributed by atoms with Crippen LogP contribution in [0.1, 0.15) is 35.7 Å². The summed E-state index contributed by atoms with van der Waals surface area (Å²) in [4.78, 5) is 38.9. The molecule has 9 heteroatoms. The second-order valence-electron chi connectivity index (χ2n) is 8.62. The van der Waals surface area contributed by atoms with Crippen LogP contribution in [0.25, 0.3) is 22.0 Å². The summed E-state index contributed by atoms with van der Waals surface area (Å²) in [5.41, 5.74) is -0.0150. The fourth-order valence-corrected chi connectivity index (χ4v) is 5.44. The van der Waals surface area contributed by atoms with E-state index in [2.05, 4.69) is 0 Å². The quantitative estimate of drug-likeness (QED) is 0.424. The van der Waals surface area contributed by atoms with Gasteiger partial charge in [0.2, 0.25) is 5.78 Å². The lowest BCUT2D eigenvalue weighted by Crippen LogP contribution is -2.61. The van der Waals surface area contributed by atoms with Crippen molar-refractivity contribution >= 4 is 22.7 Å². The van der Waals surface area contributed by atoms with Gasteiger partial charge in [-0.25, -0.2) is 14.3 Å². The molecule has 1 aliphatic carbocycles. The van der Waals surface area contributed by atoms with E-state index in [-0.39, 0.29) is 35.6 Å². The number of nitrogens with zero attached hydrogens (tertiary/aromatic N) is 1. The van der Waals surface area contributed by atoms with E-state index in [0.29, 0.717) is 39.6 Å². The Bertz CT molecular complexity index is 1510. The minimum absolute atomic E-state index is 0.00918. The number of hydrogen-bond acceptors (Lipinski definition) is 8. The third-order valence-electron chi connectivity index (χ3n) is 6.90. The molecule has 0 amide bonds. The molecule has 0 spiro atoms. The molecule has 0 saturated carbocycles. The Hall–Kier alpha value is -3.85. The molecule has 33 heavy (non-hydrogen) atoms. The molecule has 1 unspecified atom stereocenters. The Labute approximate surface area is 186 Å². The van der Waals surface area contributed by atoms with Gasteiger partial charge in [0.15, 0.2) is 0 Å². The highest BCUT2D eigenvalue weighted by molar-refractivity contribution is 6.20. The zero-order valence-corrected chi connectivity index (χ0v) is 17.8. The lowest BCUT2D eigenvalue weighted by molar-refractivity contribution is -0.166. The first kappa shape index (κ1) is 19.8. The molecule has 168 valence electrons. The van der Waals surface area contributed by atoms with Crippen LogP contribution in [0.4, 0.5) is 0 Å². The number of para-hydroxylation sites is 1. The molecule has 3 heterocycles. The molecule has 0 bridgehead atoms. The van der Waals surface area contributed by atoms with Crippen LogP contribution in [0.5, 0.6) is 11.5 Å². The smallest absolute Gasteiger partial charge is 0.365 e. The van der Waals surface area contributed by atoms with Gasteiger partial charge in [0.05, 0.1) is 30.1 Å². The highest BCUT2D eigenvalue weighted by Gasteiger charge is 2.60. The Morgan fingerprint density at radius 2 is 2.06 bits per heavy atom. The Balaban J connectivity index is 1.66. The zero-order chi connectivity index (χ0) is 23.2. The monoisotopic (exact) mass is 449 g/mol. The number of ketones is 1. The molecule has 2 aromatic carbocycles. The minimum atomic E-state index is -2.01. The maximum absolute atomic E-state index is 13.7. The Morgan fingerprint density at radius 1 is 1.27 bits per heavy atom. The average molecular weight is 449 g/mol. The van der Waals surface area contributed by atoms with E-state index in [1.54, 1.807) is 31.2 Å². The van der Waals surface area contributed by atoms with Crippen LogP contribution in [-0.2, 0) is 16.1 Å². The summed E-state index contributed by atoms with van der Waals surface area (Å²) < 4.78 is 17.8. The van der Waals surface area contributed by atoms with E-state index in [0.717, 1.165) is 7.11 Å². The number of rotatable bonds is 1. The number of phenols is 1. The van der Waals surface area contributed by atoms with E-state index >= 15 is 0 Å². The first-order valence-corrected chi connectivity index (χ1v) is 10.5. The molecule has 2 aliphatic heterocycles. The first-order valence-electron chi connectivity index (χ1n) is 10.5. The van der Waals surface area contributed by atoms with Crippen LogP contribution >= 0.6 is 0 Å². The van der Waals surface area contributed by atoms with Crippen molar-refractivity contribution in [2.24, 2.45) is 0 Å². The molecule has 2 N–H and O–H groups in total. The largest absolute Gasteiger partial charge is 0.506 e. The highest BCUT2D eigenvalue weighted by Crippen LogP contribution is 2.52. The normalized spacial score (nSPS) is 23.0. The Kier molecular flexibility index (Phi) is 3.81. The van der Waals surface area contributed by atoms with Gasteiger partial charge in [-0.1, -0.05) is 17.7 Å². The van der Waals surface area contributed by atoms with Crippen molar-refractivity contribution in [1.29, 1.82) is 0 Å². The van der Waals surface area contributed by atoms with Gasteiger partial charge in [-0.15, -0.1) is 0 Å². The van der Waals surface area contributed by atoms with Crippen molar-refractivity contribution in [1.82, 2.24) is 4.74 Å². The molecule has 1 aromatic heterocycles. The van der Waals surface area contributed by atoms with E-state index in [4.69, 9.17) is 14.0 Å². The van der Waals surface area contributed by atoms with E-state index in [9.17, 15) is 24.6 Å². The fourth-order valence-electron chi connectivity index (χ4n) is 5.44. The lowest BCUT2D eigenvalue weighted by atomic mass is 9.71. The molecular formula is C24H19NO8. The number of fused-ring (bicyclic) bond motifs is 4. The third-order valence-corrected chi connectivity index (χ3v) is 6.90. The standard InChI is InChI=1S/C24H19NO8/c1-10-6-7-15(26)24(23(30)31-2)18(10)21(28)17-14(32-24)8-11-9-25-19-12(16(11)20(17)27)4-3-5-13(19)22(29)33-25/h3-5,8,15,26-27H,6-7,9H2,1-2H3/t15-,24?/m0/s1. The number of benzene rings is 2. The van der Waals surface area contributed by atoms with Gasteiger partial charge in [0, 0.05) is 11.1 Å². The van der Waals surface area contributed by atoms with E-state index in [1.807, 2.05) is 0 Å². The van der Waals surface area contributed by atoms with Crippen LogP contribution in [0, 0.1) is 0 Å². The minimum Gasteiger partial charge on any atom is -0.506 e. The summed E-state index contributed by atoms with van der Waals surface area (Å²) in [7, 11) is 1.16. The summed E-state index contributed by atoms with van der Waals surface area (Å²) in [5, 5.41) is 22.5. The average Bonchev–Trinajstić information content (AvgIpc) is 3.11. The molecule has 0 saturated heterocycles. The summed E-state index contributed by atoms with van der Waals surface area (Å²) in [6, 6.07) is 6.59. The van der Waals surface area contributed by atoms with Crippen molar-refractivity contribution < 1.29 is 33.8 Å². The summed E-state index contributed by atoms with van der Waals surface area (Å²) in [5.74, 6) is -1.83. The van der Waals surface area contributed by atoms with Gasteiger partial charge in [-0.2, -0.15) is 0 Å². The van der Waals surface area contributed by atoms with Crippen molar-refractivity contribution in [2.45, 2.75) is 38.0 Å². The molecule has 3 aromatic rings. The first-order chi connectivity index (χ1) is 15.8. The number of Topliss-reactive ketones (excluding diaryl/α,β-unsaturated/α-hetero) is 1. The number of aromatic hydroxyl groups is 1. The number of aliphatic hydroxyl groups excluding tert-OH is 1. The summed E-state index contributed by atoms with van der Waals surface area (Å²) >= 11 is 0. The predicted molar refractivity (Wildman–Crippen MR) is 114 cm³/mol. The highest BCUT2D eigenvalue weighted by atomic mass is 16.6. The van der Waals surface area contributed by atoms with Crippen LogP contribution < -0.4 is 10.4 Å². The maximum Gasteiger partial charge on any atom is 0.365 e. The van der Waals surface area contributed by atoms with Crippen molar-refractivity contribution in [2.75, 3.05) is 7.11 Å². The van der Waals surface area contributed by atoms with Crippen LogP contribution in [-0.4, -0.2) is 45.5 Å². The van der Waals surface area contributed by atoms with Gasteiger partial charge < -0.3 is 24.2 Å². The number of phenolic OH excluding ortho intramolecular Hbond substituents is 1. The number of allylic oxidation sites excluding steroid dienone is 1. The maximum atomic E-state index is 13.7. The number of ether oxygens (including phenoxy) is 2. The Morgan fingerprint density at radius 3 is 2.82 bits per heavy atom. The number of aliphatic hydroxyl groups is 1. The van der Waals surface area contributed by atoms with Crippen molar-refractivity contribution in [3.8, 4) is 22.6 Å². The molecule has 6 rings (SSSR count). The fraction of sp³-hybridized carbons (Fsp3) is 0.292. The molecule has 0 radical (unpaired) electrons. The van der Waals surface area contributed by atoms with Crippen molar-refractivity contribution in [3.05, 3.63) is 57.0 Å². The number of aromatic nitrogens is 1. The molecule has 3 aliphatic rings. The van der Waals surface area contributed by atoms with Gasteiger partial charge in [0.1, 0.15) is 23.2 Å². The van der Waals surface area contributed by atoms with Crippen LogP contribution in [0.2, 0.25) is 0 Å². The summed E-state index contributed by atoms with van der Waals surface area (Å²) in [6.45, 7) is 1.81. The SMILES string of the molecule is COC(=O)C12Oc3cc4c(c(O)c3C(=O)C1=C(C)CC[C@@H]2O)-c1cccc2c(=O)on(c12)C4. The third kappa shape index (κ3) is 2.27. The molecule has 2 atom stereocenters. The number of methoxy groups -OCH3 is 1. The van der Waals surface area contributed by atoms with Gasteiger partial charge in [0.25, 0.3) is 5.60 Å². The van der Waals surface area contributed by atoms with Crippen LogP contribution in [0.15, 0.2) is 44.7 Å². The lowest BCUT2D eigenvalue weighted by Gasteiger charge is -2.44. The number of esters is 1. The topological polar surface area (TPSA) is 128 Å². The zero-order valence-electron chi connectivity index (χ0n) is 17.8. The summed E-state index contributed by atoms with van der Waals surface area (Å²) in [6.07, 6.45) is -0.697. The van der Waals surface area contributed by atoms with Gasteiger partial charge >= 0.3 is 11.6 Å². The number of hydrogen-bond donors (Lipinski definition) is 2. The molecule has 9 nitrogen and oxygen atoms in total. The van der Waals surface area contributed by atoms with Gasteiger partial charge in [-0.3, -0.25) is 4.79 Å². The van der Waals surface area contributed by atoms with E-state index < -0.39 is 29.1 Å². The predicted octanol–water partition coefficient (Wildman–Crippen LogP) is 2.29. The van der Waals surface area contributed by atoms with E-state index in [1.165, 1.54) is 4.74 Å². The molecular weight excluding hydrogens is 430 g/mol. The second-order valence-corrected chi connectivity index (χ2v) is 8.62. The second kappa shape index (κ2) is 6.35. The van der Waals surface area contributed by atoms with Crippen LogP contribution in [0.3, 0.4) is 0 Å².